The van der Waals surface area contributed by atoms with E-state index in [1.165, 1.54) is 6.07 Å². The SMILES string of the molecule is CCC(CC)C(=O)Nc1cccc(C(=O)Nc2cc(F)cc(F)c2)c1. The molecule has 0 fully saturated rings. The largest absolute Gasteiger partial charge is 0.326 e. The van der Waals surface area contributed by atoms with E-state index in [2.05, 4.69) is 10.6 Å². The van der Waals surface area contributed by atoms with E-state index in [4.69, 9.17) is 0 Å². The molecule has 0 aliphatic rings. The molecular weight excluding hydrogens is 326 g/mol. The first-order valence-electron chi connectivity index (χ1n) is 8.11. The monoisotopic (exact) mass is 346 g/mol. The quantitative estimate of drug-likeness (QED) is 0.803. The highest BCUT2D eigenvalue weighted by Crippen LogP contribution is 2.17. The Morgan fingerprint density at radius 2 is 1.56 bits per heavy atom. The van der Waals surface area contributed by atoms with Crippen LogP contribution in [0.5, 0.6) is 0 Å². The Morgan fingerprint density at radius 1 is 0.920 bits per heavy atom. The number of benzene rings is 2. The van der Waals surface area contributed by atoms with E-state index < -0.39 is 17.5 Å². The van der Waals surface area contributed by atoms with Gasteiger partial charge in [0.05, 0.1) is 0 Å². The van der Waals surface area contributed by atoms with Crippen molar-refractivity contribution in [2.24, 2.45) is 5.92 Å². The van der Waals surface area contributed by atoms with Crippen LogP contribution >= 0.6 is 0 Å². The van der Waals surface area contributed by atoms with E-state index in [0.717, 1.165) is 31.0 Å². The Morgan fingerprint density at radius 3 is 2.16 bits per heavy atom. The third kappa shape index (κ3) is 5.11. The highest BCUT2D eigenvalue weighted by molar-refractivity contribution is 6.05. The van der Waals surface area contributed by atoms with Gasteiger partial charge in [0.1, 0.15) is 11.6 Å². The van der Waals surface area contributed by atoms with E-state index in [0.29, 0.717) is 5.69 Å². The summed E-state index contributed by atoms with van der Waals surface area (Å²) < 4.78 is 26.4. The topological polar surface area (TPSA) is 58.2 Å². The number of hydrogen-bond donors (Lipinski definition) is 2. The third-order valence-corrected chi connectivity index (χ3v) is 3.87. The lowest BCUT2D eigenvalue weighted by atomic mass is 10.0. The molecule has 0 saturated heterocycles. The van der Waals surface area contributed by atoms with Crippen LogP contribution in [0.1, 0.15) is 37.0 Å². The van der Waals surface area contributed by atoms with E-state index in [1.54, 1.807) is 18.2 Å². The van der Waals surface area contributed by atoms with Gasteiger partial charge in [-0.2, -0.15) is 0 Å². The second-order valence-corrected chi connectivity index (χ2v) is 5.70. The fourth-order valence-electron chi connectivity index (χ4n) is 2.47. The van der Waals surface area contributed by atoms with Gasteiger partial charge in [0.2, 0.25) is 5.91 Å². The van der Waals surface area contributed by atoms with Gasteiger partial charge in [0, 0.05) is 28.9 Å². The highest BCUT2D eigenvalue weighted by atomic mass is 19.1. The molecule has 2 aromatic rings. The Balaban J connectivity index is 2.12. The zero-order chi connectivity index (χ0) is 18.4. The van der Waals surface area contributed by atoms with Gasteiger partial charge in [-0.25, -0.2) is 8.78 Å². The fourth-order valence-corrected chi connectivity index (χ4v) is 2.47. The molecule has 2 N–H and O–H groups in total. The molecule has 0 bridgehead atoms. The average molecular weight is 346 g/mol. The summed E-state index contributed by atoms with van der Waals surface area (Å²) in [4.78, 5) is 24.4. The molecular formula is C19H20F2N2O2. The normalized spacial score (nSPS) is 10.6. The van der Waals surface area contributed by atoms with Crippen molar-refractivity contribution in [1.82, 2.24) is 0 Å². The van der Waals surface area contributed by atoms with Gasteiger partial charge in [-0.3, -0.25) is 9.59 Å². The minimum atomic E-state index is -0.776. The summed E-state index contributed by atoms with van der Waals surface area (Å²) in [5, 5.41) is 5.22. The molecule has 0 unspecified atom stereocenters. The second kappa shape index (κ2) is 8.37. The summed E-state index contributed by atoms with van der Waals surface area (Å²) >= 11 is 0. The maximum atomic E-state index is 13.2. The van der Waals surface area contributed by atoms with Crippen molar-refractivity contribution < 1.29 is 18.4 Å². The molecule has 132 valence electrons. The van der Waals surface area contributed by atoms with Gasteiger partial charge in [0.15, 0.2) is 0 Å². The predicted octanol–water partition coefficient (Wildman–Crippen LogP) is 4.59. The zero-order valence-electron chi connectivity index (χ0n) is 14.1. The molecule has 0 aliphatic heterocycles. The average Bonchev–Trinajstić information content (AvgIpc) is 2.55. The van der Waals surface area contributed by atoms with E-state index >= 15 is 0 Å². The van der Waals surface area contributed by atoms with Crippen molar-refractivity contribution in [3.05, 3.63) is 59.7 Å². The molecule has 6 heteroatoms. The molecule has 0 spiro atoms. The van der Waals surface area contributed by atoms with Crippen LogP contribution in [0.15, 0.2) is 42.5 Å². The number of rotatable bonds is 6. The molecule has 4 nitrogen and oxygen atoms in total. The van der Waals surface area contributed by atoms with Crippen LogP contribution in [0, 0.1) is 17.6 Å². The Bertz CT molecular complexity index is 754. The van der Waals surface area contributed by atoms with Crippen LogP contribution in [0.2, 0.25) is 0 Å². The predicted molar refractivity (Wildman–Crippen MR) is 93.5 cm³/mol. The number of halogens is 2. The summed E-state index contributed by atoms with van der Waals surface area (Å²) in [5.74, 6) is -2.27. The van der Waals surface area contributed by atoms with Crippen molar-refractivity contribution in [3.8, 4) is 0 Å². The maximum absolute atomic E-state index is 13.2. The standard InChI is InChI=1S/C19H20F2N2O2/c1-3-12(4-2)18(24)22-16-7-5-6-13(8-16)19(25)23-17-10-14(20)9-15(21)11-17/h5-12H,3-4H2,1-2H3,(H,22,24)(H,23,25). The van der Waals surface area contributed by atoms with Crippen LogP contribution < -0.4 is 10.6 Å². The fraction of sp³-hybridized carbons (Fsp3) is 0.263. The summed E-state index contributed by atoms with van der Waals surface area (Å²) in [6.07, 6.45) is 1.46. The zero-order valence-corrected chi connectivity index (χ0v) is 14.1. The third-order valence-electron chi connectivity index (χ3n) is 3.87. The van der Waals surface area contributed by atoms with E-state index in [-0.39, 0.29) is 23.1 Å². The van der Waals surface area contributed by atoms with Crippen molar-refractivity contribution in [2.75, 3.05) is 10.6 Å². The minimum absolute atomic E-state index is 0.0222. The summed E-state index contributed by atoms with van der Waals surface area (Å²) in [6.45, 7) is 3.88. The Labute approximate surface area is 145 Å². The molecule has 25 heavy (non-hydrogen) atoms. The number of anilines is 2. The molecule has 2 aromatic carbocycles. The van der Waals surface area contributed by atoms with Gasteiger partial charge < -0.3 is 10.6 Å². The van der Waals surface area contributed by atoms with Gasteiger partial charge in [-0.05, 0) is 43.2 Å². The van der Waals surface area contributed by atoms with Gasteiger partial charge >= 0.3 is 0 Å². The van der Waals surface area contributed by atoms with Crippen LogP contribution in [-0.4, -0.2) is 11.8 Å². The number of nitrogens with one attached hydrogen (secondary N) is 2. The minimum Gasteiger partial charge on any atom is -0.326 e. The molecule has 0 aliphatic carbocycles. The molecule has 0 aromatic heterocycles. The first-order chi connectivity index (χ1) is 11.9. The molecule has 0 radical (unpaired) electrons. The smallest absolute Gasteiger partial charge is 0.255 e. The van der Waals surface area contributed by atoms with Gasteiger partial charge in [-0.15, -0.1) is 0 Å². The maximum Gasteiger partial charge on any atom is 0.255 e. The lowest BCUT2D eigenvalue weighted by Gasteiger charge is -2.13. The number of carbonyl (C=O) groups is 2. The van der Waals surface area contributed by atoms with Crippen LogP contribution in [0.3, 0.4) is 0 Å². The summed E-state index contributed by atoms with van der Waals surface area (Å²) in [7, 11) is 0. The number of amides is 2. The lowest BCUT2D eigenvalue weighted by molar-refractivity contribution is -0.120. The van der Waals surface area contributed by atoms with Crippen LogP contribution in [0.4, 0.5) is 20.2 Å². The summed E-state index contributed by atoms with van der Waals surface area (Å²) in [5.41, 5.74) is 0.788. The molecule has 0 saturated carbocycles. The highest BCUT2D eigenvalue weighted by Gasteiger charge is 2.15. The Kier molecular flexibility index (Phi) is 6.22. The van der Waals surface area contributed by atoms with Crippen molar-refractivity contribution >= 4 is 23.2 Å². The Hall–Kier alpha value is -2.76. The van der Waals surface area contributed by atoms with E-state index in [9.17, 15) is 18.4 Å². The van der Waals surface area contributed by atoms with Crippen molar-refractivity contribution in [2.45, 2.75) is 26.7 Å². The number of hydrogen-bond acceptors (Lipinski definition) is 2. The molecule has 0 heterocycles. The van der Waals surface area contributed by atoms with Crippen molar-refractivity contribution in [1.29, 1.82) is 0 Å². The summed E-state index contributed by atoms with van der Waals surface area (Å²) in [6, 6.07) is 9.16. The number of carbonyl (C=O) groups excluding carboxylic acids is 2. The second-order valence-electron chi connectivity index (χ2n) is 5.70. The molecule has 0 atom stereocenters. The first kappa shape index (κ1) is 18.6. The lowest BCUT2D eigenvalue weighted by Crippen LogP contribution is -2.22. The van der Waals surface area contributed by atoms with Crippen molar-refractivity contribution in [3.63, 3.8) is 0 Å². The van der Waals surface area contributed by atoms with Crippen LogP contribution in [0.25, 0.3) is 0 Å². The van der Waals surface area contributed by atoms with E-state index in [1.807, 2.05) is 13.8 Å². The first-order valence-corrected chi connectivity index (χ1v) is 8.11. The van der Waals surface area contributed by atoms with Gasteiger partial charge in [-0.1, -0.05) is 19.9 Å². The molecule has 2 rings (SSSR count). The molecule has 2 amide bonds. The van der Waals surface area contributed by atoms with Gasteiger partial charge in [0.25, 0.3) is 5.91 Å². The van der Waals surface area contributed by atoms with Crippen LogP contribution in [-0.2, 0) is 4.79 Å².